The number of aliphatic hydroxyl groups is 1. The largest absolute Gasteiger partial charge is 0.393 e. The average Bonchev–Trinajstić information content (AvgIpc) is 3.11. The molecule has 1 aromatic carbocycles. The number of carbonyl (C=O) groups is 2. The maximum absolute atomic E-state index is 12.6. The fraction of sp³-hybridized carbons (Fsp3) is 0.200. The summed E-state index contributed by atoms with van der Waals surface area (Å²) in [6.45, 7) is -0.347. The van der Waals surface area contributed by atoms with Gasteiger partial charge in [-0.1, -0.05) is 24.3 Å². The average molecular weight is 269 g/mol. The normalized spacial score (nSPS) is 30.6. The second-order valence-corrected chi connectivity index (χ2v) is 5.02. The fourth-order valence-electron chi connectivity index (χ4n) is 3.05. The Kier molecular flexibility index (Phi) is 2.11. The van der Waals surface area contributed by atoms with E-state index in [0.29, 0.717) is 11.3 Å². The first-order chi connectivity index (χ1) is 9.68. The Morgan fingerprint density at radius 1 is 1.20 bits per heavy atom. The Morgan fingerprint density at radius 2 is 1.95 bits per heavy atom. The first kappa shape index (κ1) is 11.6. The van der Waals surface area contributed by atoms with Crippen LogP contribution in [0.25, 0.3) is 0 Å². The Morgan fingerprint density at radius 3 is 2.65 bits per heavy atom. The number of benzene rings is 1. The minimum Gasteiger partial charge on any atom is -0.393 e. The van der Waals surface area contributed by atoms with Crippen molar-refractivity contribution in [2.45, 2.75) is 11.7 Å². The molecule has 3 heterocycles. The lowest BCUT2D eigenvalue weighted by molar-refractivity contribution is -0.123. The van der Waals surface area contributed by atoms with Crippen molar-refractivity contribution in [1.82, 2.24) is 0 Å². The SMILES string of the molecule is O=C1C2=C(C(=O)N1c1ccccc1)C1(CO)C=CC2O1. The molecule has 2 unspecified atom stereocenters. The topological polar surface area (TPSA) is 66.8 Å². The van der Waals surface area contributed by atoms with Gasteiger partial charge in [-0.25, -0.2) is 4.90 Å². The van der Waals surface area contributed by atoms with Crippen molar-refractivity contribution in [1.29, 1.82) is 0 Å². The highest BCUT2D eigenvalue weighted by Gasteiger charge is 2.59. The zero-order chi connectivity index (χ0) is 13.9. The number of aliphatic hydroxyl groups excluding tert-OH is 1. The number of carbonyl (C=O) groups excluding carboxylic acids is 2. The molecule has 0 radical (unpaired) electrons. The number of amides is 2. The van der Waals surface area contributed by atoms with Gasteiger partial charge in [-0.15, -0.1) is 0 Å². The molecule has 3 aliphatic heterocycles. The van der Waals surface area contributed by atoms with E-state index in [1.54, 1.807) is 36.4 Å². The van der Waals surface area contributed by atoms with Gasteiger partial charge in [0, 0.05) is 0 Å². The third kappa shape index (κ3) is 1.19. The molecular weight excluding hydrogens is 258 g/mol. The molecule has 5 heteroatoms. The summed E-state index contributed by atoms with van der Waals surface area (Å²) in [6.07, 6.45) is 2.85. The van der Waals surface area contributed by atoms with E-state index in [-0.39, 0.29) is 18.1 Å². The monoisotopic (exact) mass is 269 g/mol. The predicted molar refractivity (Wildman–Crippen MR) is 69.8 cm³/mol. The van der Waals surface area contributed by atoms with E-state index in [4.69, 9.17) is 4.74 Å². The molecule has 1 N–H and O–H groups in total. The van der Waals surface area contributed by atoms with Gasteiger partial charge in [0.25, 0.3) is 11.8 Å². The number of rotatable bonds is 2. The van der Waals surface area contributed by atoms with E-state index in [2.05, 4.69) is 0 Å². The first-order valence-electron chi connectivity index (χ1n) is 6.34. The lowest BCUT2D eigenvalue weighted by Crippen LogP contribution is -2.41. The highest BCUT2D eigenvalue weighted by atomic mass is 16.5. The molecule has 2 amide bonds. The highest BCUT2D eigenvalue weighted by molar-refractivity contribution is 6.34. The number of hydrogen-bond donors (Lipinski definition) is 1. The molecule has 3 aliphatic rings. The van der Waals surface area contributed by atoms with Gasteiger partial charge in [0.2, 0.25) is 0 Å². The standard InChI is InChI=1S/C15H11NO4/c17-8-15-7-6-10(20-15)11-12(15)14(19)16(13(11)18)9-4-2-1-3-5-9/h1-7,10,17H,8H2. The Balaban J connectivity index is 1.82. The third-order valence-corrected chi connectivity index (χ3v) is 3.95. The van der Waals surface area contributed by atoms with Crippen LogP contribution in [0.4, 0.5) is 5.69 Å². The number of hydrogen-bond acceptors (Lipinski definition) is 4. The van der Waals surface area contributed by atoms with Crippen LogP contribution in [0.1, 0.15) is 0 Å². The van der Waals surface area contributed by atoms with E-state index in [1.165, 1.54) is 0 Å². The molecule has 0 spiro atoms. The summed E-state index contributed by atoms with van der Waals surface area (Å²) in [7, 11) is 0. The van der Waals surface area contributed by atoms with Crippen molar-refractivity contribution in [3.63, 3.8) is 0 Å². The van der Waals surface area contributed by atoms with E-state index in [1.807, 2.05) is 6.07 Å². The molecule has 5 nitrogen and oxygen atoms in total. The Hall–Kier alpha value is -2.24. The molecule has 0 fully saturated rings. The number of nitrogens with zero attached hydrogens (tertiary/aromatic N) is 1. The van der Waals surface area contributed by atoms with Gasteiger partial charge >= 0.3 is 0 Å². The van der Waals surface area contributed by atoms with E-state index >= 15 is 0 Å². The zero-order valence-electron chi connectivity index (χ0n) is 10.4. The minimum absolute atomic E-state index is 0.279. The van der Waals surface area contributed by atoms with E-state index < -0.39 is 17.6 Å². The molecule has 1 aromatic rings. The number of fused-ring (bicyclic) bond motifs is 4. The van der Waals surface area contributed by atoms with Gasteiger partial charge in [-0.2, -0.15) is 0 Å². The zero-order valence-corrected chi connectivity index (χ0v) is 10.4. The summed E-state index contributed by atoms with van der Waals surface area (Å²) < 4.78 is 5.60. The van der Waals surface area contributed by atoms with Crippen molar-refractivity contribution >= 4 is 17.5 Å². The molecule has 0 aliphatic carbocycles. The van der Waals surface area contributed by atoms with Gasteiger partial charge in [-0.3, -0.25) is 9.59 Å². The van der Waals surface area contributed by atoms with Crippen molar-refractivity contribution < 1.29 is 19.4 Å². The molecule has 4 rings (SSSR count). The first-order valence-corrected chi connectivity index (χ1v) is 6.34. The van der Waals surface area contributed by atoms with Gasteiger partial charge in [0.1, 0.15) is 11.7 Å². The Bertz CT molecular complexity index is 691. The molecule has 2 bridgehead atoms. The lowest BCUT2D eigenvalue weighted by Gasteiger charge is -2.25. The molecule has 0 aromatic heterocycles. The van der Waals surface area contributed by atoms with Crippen molar-refractivity contribution in [3.05, 3.63) is 53.6 Å². The number of para-hydroxylation sites is 1. The summed E-state index contributed by atoms with van der Waals surface area (Å²) in [5.41, 5.74) is 0.0251. The summed E-state index contributed by atoms with van der Waals surface area (Å²) in [5, 5.41) is 9.56. The van der Waals surface area contributed by atoms with Crippen LogP contribution in [-0.4, -0.2) is 35.2 Å². The number of anilines is 1. The maximum atomic E-state index is 12.6. The third-order valence-electron chi connectivity index (χ3n) is 3.95. The predicted octanol–water partition coefficient (Wildman–Crippen LogP) is 0.556. The summed E-state index contributed by atoms with van der Waals surface area (Å²) in [5.74, 6) is -0.766. The lowest BCUT2D eigenvalue weighted by atomic mass is 9.89. The quantitative estimate of drug-likeness (QED) is 0.629. The van der Waals surface area contributed by atoms with Crippen LogP contribution in [0.2, 0.25) is 0 Å². The van der Waals surface area contributed by atoms with Crippen molar-refractivity contribution in [2.24, 2.45) is 0 Å². The summed E-state index contributed by atoms with van der Waals surface area (Å²) in [6, 6.07) is 8.77. The van der Waals surface area contributed by atoms with E-state index in [9.17, 15) is 14.7 Å². The summed E-state index contributed by atoms with van der Waals surface area (Å²) in [4.78, 5) is 26.2. The van der Waals surface area contributed by atoms with Crippen LogP contribution in [-0.2, 0) is 14.3 Å². The minimum atomic E-state index is -1.14. The Labute approximate surface area is 114 Å². The smallest absolute Gasteiger partial charge is 0.265 e. The van der Waals surface area contributed by atoms with Crippen molar-refractivity contribution in [3.8, 4) is 0 Å². The summed E-state index contributed by atoms with van der Waals surface area (Å²) >= 11 is 0. The van der Waals surface area contributed by atoms with E-state index in [0.717, 1.165) is 4.90 Å². The van der Waals surface area contributed by atoms with Crippen LogP contribution in [0, 0.1) is 0 Å². The van der Waals surface area contributed by atoms with Gasteiger partial charge < -0.3 is 9.84 Å². The van der Waals surface area contributed by atoms with Crippen LogP contribution in [0.15, 0.2) is 53.6 Å². The molecule has 100 valence electrons. The molecule has 2 atom stereocenters. The van der Waals surface area contributed by atoms with Crippen molar-refractivity contribution in [2.75, 3.05) is 11.5 Å². The highest BCUT2D eigenvalue weighted by Crippen LogP contribution is 2.48. The van der Waals surface area contributed by atoms with Gasteiger partial charge in [-0.05, 0) is 18.2 Å². The number of imide groups is 1. The molecule has 0 saturated heterocycles. The molecular formula is C15H11NO4. The maximum Gasteiger partial charge on any atom is 0.265 e. The van der Waals surface area contributed by atoms with Gasteiger partial charge in [0.15, 0.2) is 0 Å². The molecule has 0 saturated carbocycles. The second kappa shape index (κ2) is 3.65. The number of ether oxygens (including phenoxy) is 1. The van der Waals surface area contributed by atoms with Crippen LogP contribution >= 0.6 is 0 Å². The van der Waals surface area contributed by atoms with Crippen LogP contribution in [0.3, 0.4) is 0 Å². The van der Waals surface area contributed by atoms with Crippen LogP contribution in [0.5, 0.6) is 0 Å². The fourth-order valence-corrected chi connectivity index (χ4v) is 3.05. The second-order valence-electron chi connectivity index (χ2n) is 5.02. The van der Waals surface area contributed by atoms with Gasteiger partial charge in [0.05, 0.1) is 23.4 Å². The molecule has 20 heavy (non-hydrogen) atoms. The van der Waals surface area contributed by atoms with Crippen LogP contribution < -0.4 is 4.90 Å².